The van der Waals surface area contributed by atoms with Gasteiger partial charge in [-0.05, 0) is 23.8 Å². The molecule has 96 valence electrons. The lowest BCUT2D eigenvalue weighted by molar-refractivity contribution is 0.0556. The number of benzene rings is 1. The normalized spacial score (nSPS) is 16.1. The molecule has 1 fully saturated rings. The molecule has 0 radical (unpaired) electrons. The number of hydrogen-bond donors (Lipinski definition) is 2. The van der Waals surface area contributed by atoms with Crippen molar-refractivity contribution in [2.45, 2.75) is 0 Å². The molecule has 1 aliphatic heterocycles. The van der Waals surface area contributed by atoms with E-state index in [0.717, 1.165) is 37.6 Å². The zero-order valence-corrected chi connectivity index (χ0v) is 10.2. The molecule has 0 saturated carbocycles. The van der Waals surface area contributed by atoms with Gasteiger partial charge in [0.2, 0.25) is 0 Å². The van der Waals surface area contributed by atoms with Gasteiger partial charge >= 0.3 is 0 Å². The Morgan fingerprint density at radius 2 is 1.94 bits per heavy atom. The van der Waals surface area contributed by atoms with Gasteiger partial charge in [0.15, 0.2) is 11.5 Å². The number of nitrogens with zero attached hydrogens (tertiary/aromatic N) is 1. The SMILES string of the molecule is C=C(/C=C/c1ccc(O)c(O)c1)N1CCOCC1. The van der Waals surface area contributed by atoms with E-state index < -0.39 is 0 Å². The fourth-order valence-electron chi connectivity index (χ4n) is 1.79. The van der Waals surface area contributed by atoms with Gasteiger partial charge in [-0.25, -0.2) is 0 Å². The van der Waals surface area contributed by atoms with Crippen LogP contribution < -0.4 is 0 Å². The van der Waals surface area contributed by atoms with E-state index in [1.54, 1.807) is 6.07 Å². The molecule has 2 rings (SSSR count). The number of aromatic hydroxyl groups is 2. The van der Waals surface area contributed by atoms with E-state index >= 15 is 0 Å². The Morgan fingerprint density at radius 1 is 1.22 bits per heavy atom. The lowest BCUT2D eigenvalue weighted by Crippen LogP contribution is -2.34. The molecule has 0 aromatic heterocycles. The van der Waals surface area contributed by atoms with E-state index in [9.17, 15) is 10.2 Å². The number of allylic oxidation sites excluding steroid dienone is 1. The van der Waals surface area contributed by atoms with Crippen molar-refractivity contribution in [3.05, 3.63) is 42.1 Å². The number of hydrogen-bond acceptors (Lipinski definition) is 4. The number of phenolic OH excluding ortho intramolecular Hbond substituents is 2. The van der Waals surface area contributed by atoms with Crippen molar-refractivity contribution in [2.24, 2.45) is 0 Å². The summed E-state index contributed by atoms with van der Waals surface area (Å²) in [6.07, 6.45) is 3.76. The van der Waals surface area contributed by atoms with Crippen LogP contribution in [0.5, 0.6) is 11.5 Å². The van der Waals surface area contributed by atoms with Gasteiger partial charge in [0.05, 0.1) is 13.2 Å². The second kappa shape index (κ2) is 5.60. The Hall–Kier alpha value is -1.94. The van der Waals surface area contributed by atoms with Crippen LogP contribution in [-0.4, -0.2) is 41.4 Å². The van der Waals surface area contributed by atoms with Crippen LogP contribution >= 0.6 is 0 Å². The topological polar surface area (TPSA) is 52.9 Å². The van der Waals surface area contributed by atoms with Crippen LogP contribution in [0.2, 0.25) is 0 Å². The summed E-state index contributed by atoms with van der Waals surface area (Å²) in [5, 5.41) is 18.6. The van der Waals surface area contributed by atoms with Gasteiger partial charge in [-0.15, -0.1) is 0 Å². The first-order valence-electron chi connectivity index (χ1n) is 5.88. The summed E-state index contributed by atoms with van der Waals surface area (Å²) in [6, 6.07) is 4.71. The molecule has 0 atom stereocenters. The van der Waals surface area contributed by atoms with E-state index in [0.29, 0.717) is 0 Å². The molecule has 0 amide bonds. The maximum Gasteiger partial charge on any atom is 0.157 e. The molecule has 2 N–H and O–H groups in total. The van der Waals surface area contributed by atoms with Crippen LogP contribution in [0.3, 0.4) is 0 Å². The number of morpholine rings is 1. The molecule has 0 spiro atoms. The molecule has 1 aliphatic rings. The Labute approximate surface area is 106 Å². The Bertz CT molecular complexity index is 462. The predicted molar refractivity (Wildman–Crippen MR) is 70.3 cm³/mol. The summed E-state index contributed by atoms with van der Waals surface area (Å²) in [7, 11) is 0. The molecule has 1 aromatic rings. The number of phenols is 2. The van der Waals surface area contributed by atoms with Crippen molar-refractivity contribution in [1.82, 2.24) is 4.90 Å². The third-order valence-corrected chi connectivity index (χ3v) is 2.88. The van der Waals surface area contributed by atoms with Crippen LogP contribution in [0, 0.1) is 0 Å². The summed E-state index contributed by atoms with van der Waals surface area (Å²) in [5.74, 6) is -0.228. The smallest absolute Gasteiger partial charge is 0.157 e. The van der Waals surface area contributed by atoms with Crippen LogP contribution in [-0.2, 0) is 4.74 Å². The molecule has 4 nitrogen and oxygen atoms in total. The highest BCUT2D eigenvalue weighted by molar-refractivity contribution is 5.57. The summed E-state index contributed by atoms with van der Waals surface area (Å²) in [5.41, 5.74) is 1.74. The Balaban J connectivity index is 2.01. The first-order chi connectivity index (χ1) is 8.66. The van der Waals surface area contributed by atoms with Crippen molar-refractivity contribution in [3.63, 3.8) is 0 Å². The predicted octanol–water partition coefficient (Wildman–Crippen LogP) is 1.96. The highest BCUT2D eigenvalue weighted by atomic mass is 16.5. The lowest BCUT2D eigenvalue weighted by atomic mass is 10.1. The lowest BCUT2D eigenvalue weighted by Gasteiger charge is -2.28. The Morgan fingerprint density at radius 3 is 2.61 bits per heavy atom. The average Bonchev–Trinajstić information content (AvgIpc) is 2.41. The van der Waals surface area contributed by atoms with Gasteiger partial charge in [0.1, 0.15) is 0 Å². The van der Waals surface area contributed by atoms with E-state index in [1.165, 1.54) is 12.1 Å². The molecule has 0 unspecified atom stereocenters. The molecule has 18 heavy (non-hydrogen) atoms. The fraction of sp³-hybridized carbons (Fsp3) is 0.286. The monoisotopic (exact) mass is 247 g/mol. The van der Waals surface area contributed by atoms with Gasteiger partial charge < -0.3 is 19.8 Å². The largest absolute Gasteiger partial charge is 0.504 e. The maximum absolute atomic E-state index is 9.38. The van der Waals surface area contributed by atoms with Crippen LogP contribution in [0.1, 0.15) is 5.56 Å². The average molecular weight is 247 g/mol. The van der Waals surface area contributed by atoms with E-state index in [1.807, 2.05) is 12.2 Å². The summed E-state index contributed by atoms with van der Waals surface area (Å²) in [6.45, 7) is 7.17. The van der Waals surface area contributed by atoms with E-state index in [4.69, 9.17) is 4.74 Å². The fourth-order valence-corrected chi connectivity index (χ4v) is 1.79. The minimum atomic E-state index is -0.117. The van der Waals surface area contributed by atoms with Crippen molar-refractivity contribution >= 4 is 6.08 Å². The number of ether oxygens (including phenoxy) is 1. The van der Waals surface area contributed by atoms with E-state index in [-0.39, 0.29) is 11.5 Å². The minimum Gasteiger partial charge on any atom is -0.504 e. The second-order valence-corrected chi connectivity index (χ2v) is 4.17. The van der Waals surface area contributed by atoms with Crippen molar-refractivity contribution in [2.75, 3.05) is 26.3 Å². The molecular weight excluding hydrogens is 230 g/mol. The first kappa shape index (κ1) is 12.5. The second-order valence-electron chi connectivity index (χ2n) is 4.17. The maximum atomic E-state index is 9.38. The van der Waals surface area contributed by atoms with Gasteiger partial charge in [-0.2, -0.15) is 0 Å². The van der Waals surface area contributed by atoms with E-state index in [2.05, 4.69) is 11.5 Å². The third kappa shape index (κ3) is 3.05. The van der Waals surface area contributed by atoms with Gasteiger partial charge in [-0.1, -0.05) is 18.7 Å². The zero-order chi connectivity index (χ0) is 13.0. The van der Waals surface area contributed by atoms with Crippen molar-refractivity contribution in [3.8, 4) is 11.5 Å². The first-order valence-corrected chi connectivity index (χ1v) is 5.88. The minimum absolute atomic E-state index is 0.112. The van der Waals surface area contributed by atoms with Crippen molar-refractivity contribution in [1.29, 1.82) is 0 Å². The molecule has 0 bridgehead atoms. The van der Waals surface area contributed by atoms with Crippen LogP contribution in [0.25, 0.3) is 6.08 Å². The van der Waals surface area contributed by atoms with Crippen LogP contribution in [0.15, 0.2) is 36.6 Å². The van der Waals surface area contributed by atoms with Gasteiger partial charge in [-0.3, -0.25) is 0 Å². The number of rotatable bonds is 3. The van der Waals surface area contributed by atoms with Crippen molar-refractivity contribution < 1.29 is 14.9 Å². The zero-order valence-electron chi connectivity index (χ0n) is 10.2. The molecule has 1 aromatic carbocycles. The quantitative estimate of drug-likeness (QED) is 0.633. The third-order valence-electron chi connectivity index (χ3n) is 2.88. The van der Waals surface area contributed by atoms with Gasteiger partial charge in [0.25, 0.3) is 0 Å². The summed E-state index contributed by atoms with van der Waals surface area (Å²) in [4.78, 5) is 2.15. The Kier molecular flexibility index (Phi) is 3.89. The molecule has 0 aliphatic carbocycles. The summed E-state index contributed by atoms with van der Waals surface area (Å²) < 4.78 is 5.27. The highest BCUT2D eigenvalue weighted by Crippen LogP contribution is 2.25. The molecular formula is C14H17NO3. The van der Waals surface area contributed by atoms with Gasteiger partial charge in [0, 0.05) is 18.8 Å². The summed E-state index contributed by atoms with van der Waals surface area (Å²) >= 11 is 0. The molecule has 4 heteroatoms. The molecule has 1 heterocycles. The highest BCUT2D eigenvalue weighted by Gasteiger charge is 2.09. The van der Waals surface area contributed by atoms with Crippen LogP contribution in [0.4, 0.5) is 0 Å². The molecule has 1 saturated heterocycles. The standard InChI is InChI=1S/C14H17NO3/c1-11(15-6-8-18-9-7-15)2-3-12-4-5-13(16)14(17)10-12/h2-5,10,16-17H,1,6-9H2/b3-2+.